The van der Waals surface area contributed by atoms with Crippen molar-refractivity contribution in [2.45, 2.75) is 0 Å². The number of hydrogen-bond acceptors (Lipinski definition) is 4. The first kappa shape index (κ1) is 22.5. The number of rotatable bonds is 7. The summed E-state index contributed by atoms with van der Waals surface area (Å²) in [5, 5.41) is 10.2. The molecule has 0 amide bonds. The largest absolute Gasteiger partial charge is 0.508 e. The van der Waals surface area contributed by atoms with Crippen LogP contribution in [-0.4, -0.2) is 5.11 Å². The normalized spacial score (nSPS) is 11.1. The molecule has 0 aliphatic rings. The van der Waals surface area contributed by atoms with Gasteiger partial charge in [0, 0.05) is 11.1 Å². The highest BCUT2D eigenvalue weighted by Gasteiger charge is 2.33. The molecule has 5 heteroatoms. The number of aromatic hydroxyl groups is 1. The fourth-order valence-electron chi connectivity index (χ4n) is 3.82. The van der Waals surface area contributed by atoms with E-state index >= 15 is 0 Å². The molecule has 5 rings (SSSR count). The molecular weight excluding hydrogens is 455 g/mol. The average molecular weight is 478 g/mol. The highest BCUT2D eigenvalue weighted by atomic mass is 31.2. The first-order valence-electron chi connectivity index (χ1n) is 11.2. The van der Waals surface area contributed by atoms with Crippen LogP contribution in [0.1, 0.15) is 0 Å². The number of phenols is 1. The molecule has 0 aliphatic carbocycles. The second-order valence-electron chi connectivity index (χ2n) is 7.92. The quantitative estimate of drug-likeness (QED) is 0.244. The molecule has 0 fully saturated rings. The molecule has 0 saturated carbocycles. The third-order valence-corrected chi connectivity index (χ3v) is 7.35. The fraction of sp³-hybridized carbons (Fsp3) is 0. The van der Waals surface area contributed by atoms with E-state index < -0.39 is 7.60 Å². The van der Waals surface area contributed by atoms with Crippen molar-refractivity contribution in [1.29, 1.82) is 0 Å². The van der Waals surface area contributed by atoms with E-state index in [1.807, 2.05) is 97.1 Å². The highest BCUT2D eigenvalue weighted by molar-refractivity contribution is 7.63. The van der Waals surface area contributed by atoms with Crippen molar-refractivity contribution in [3.63, 3.8) is 0 Å². The van der Waals surface area contributed by atoms with Gasteiger partial charge in [-0.15, -0.1) is 0 Å². The molecule has 4 nitrogen and oxygen atoms in total. The molecule has 35 heavy (non-hydrogen) atoms. The summed E-state index contributed by atoms with van der Waals surface area (Å²) in [7, 11) is -3.94. The number of benzene rings is 5. The molecule has 0 heterocycles. The van der Waals surface area contributed by atoms with Gasteiger partial charge in [-0.25, -0.2) is 4.57 Å². The van der Waals surface area contributed by atoms with Crippen LogP contribution in [-0.2, 0) is 4.57 Å². The van der Waals surface area contributed by atoms with Gasteiger partial charge < -0.3 is 14.2 Å². The van der Waals surface area contributed by atoms with E-state index in [1.165, 1.54) is 12.1 Å². The predicted octanol–water partition coefficient (Wildman–Crippen LogP) is 7.70. The highest BCUT2D eigenvalue weighted by Crippen LogP contribution is 2.51. The van der Waals surface area contributed by atoms with Crippen molar-refractivity contribution < 1.29 is 18.7 Å². The van der Waals surface area contributed by atoms with Gasteiger partial charge in [0.2, 0.25) is 0 Å². The zero-order chi connectivity index (χ0) is 24.1. The third kappa shape index (κ3) is 4.98. The standard InChI is InChI=1S/C30H23O4P/c31-25-19-21-26(22-20-25)35(32,33-29-17-9-7-15-27(29)23-11-3-1-4-12-23)34-30-18-10-8-16-28(30)24-13-5-2-6-14-24/h1-22,31H. The first-order chi connectivity index (χ1) is 17.1. The number of hydrogen-bond donors (Lipinski definition) is 1. The molecule has 0 saturated heterocycles. The van der Waals surface area contributed by atoms with E-state index in [-0.39, 0.29) is 5.75 Å². The Bertz CT molecular complexity index is 1380. The summed E-state index contributed by atoms with van der Waals surface area (Å²) < 4.78 is 27.0. The molecule has 0 radical (unpaired) electrons. The lowest BCUT2D eigenvalue weighted by molar-refractivity contribution is 0.400. The van der Waals surface area contributed by atoms with Crippen LogP contribution < -0.4 is 14.4 Å². The van der Waals surface area contributed by atoms with Crippen molar-refractivity contribution in [2.75, 3.05) is 0 Å². The van der Waals surface area contributed by atoms with Crippen LogP contribution in [0.4, 0.5) is 0 Å². The Morgan fingerprint density at radius 2 is 0.886 bits per heavy atom. The Labute approximate surface area is 204 Å². The topological polar surface area (TPSA) is 55.8 Å². The summed E-state index contributed by atoms with van der Waals surface area (Å²) in [5.74, 6) is 0.939. The van der Waals surface area contributed by atoms with Gasteiger partial charge in [0.05, 0.1) is 5.30 Å². The summed E-state index contributed by atoms with van der Waals surface area (Å²) >= 11 is 0. The summed E-state index contributed by atoms with van der Waals surface area (Å²) in [6.45, 7) is 0. The van der Waals surface area contributed by atoms with E-state index in [2.05, 4.69) is 0 Å². The van der Waals surface area contributed by atoms with Crippen LogP contribution in [0.3, 0.4) is 0 Å². The molecule has 5 aromatic carbocycles. The monoisotopic (exact) mass is 478 g/mol. The van der Waals surface area contributed by atoms with Crippen LogP contribution >= 0.6 is 7.60 Å². The van der Waals surface area contributed by atoms with Crippen molar-refractivity contribution in [2.24, 2.45) is 0 Å². The molecule has 172 valence electrons. The van der Waals surface area contributed by atoms with Gasteiger partial charge >= 0.3 is 7.60 Å². The predicted molar refractivity (Wildman–Crippen MR) is 140 cm³/mol. The van der Waals surface area contributed by atoms with Gasteiger partial charge in [-0.1, -0.05) is 97.1 Å². The maximum Gasteiger partial charge on any atom is 0.462 e. The summed E-state index contributed by atoms with van der Waals surface area (Å²) in [5.41, 5.74) is 3.47. The second kappa shape index (κ2) is 9.92. The van der Waals surface area contributed by atoms with Gasteiger partial charge in [0.25, 0.3) is 0 Å². The molecule has 5 aromatic rings. The second-order valence-corrected chi connectivity index (χ2v) is 9.80. The van der Waals surface area contributed by atoms with E-state index in [9.17, 15) is 9.67 Å². The Balaban J connectivity index is 1.60. The van der Waals surface area contributed by atoms with E-state index in [4.69, 9.17) is 9.05 Å². The Morgan fingerprint density at radius 3 is 1.34 bits per heavy atom. The SMILES string of the molecule is O=P(Oc1ccccc1-c1ccccc1)(Oc1ccccc1-c1ccccc1)c1ccc(O)cc1. The van der Waals surface area contributed by atoms with Crippen molar-refractivity contribution >= 4 is 12.9 Å². The lowest BCUT2D eigenvalue weighted by atomic mass is 10.1. The van der Waals surface area contributed by atoms with Crippen LogP contribution in [0.2, 0.25) is 0 Å². The third-order valence-electron chi connectivity index (χ3n) is 5.55. The summed E-state index contributed by atoms with van der Waals surface area (Å²) in [6.07, 6.45) is 0. The Kier molecular flexibility index (Phi) is 6.38. The number of para-hydroxylation sites is 2. The fourth-order valence-corrected chi connectivity index (χ4v) is 5.42. The van der Waals surface area contributed by atoms with Crippen molar-refractivity contribution in [3.8, 4) is 39.5 Å². The average Bonchev–Trinajstić information content (AvgIpc) is 2.91. The van der Waals surface area contributed by atoms with Gasteiger partial charge in [0.15, 0.2) is 0 Å². The van der Waals surface area contributed by atoms with Gasteiger partial charge in [-0.05, 0) is 47.5 Å². The minimum Gasteiger partial charge on any atom is -0.508 e. The van der Waals surface area contributed by atoms with Crippen LogP contribution in [0.5, 0.6) is 17.2 Å². The Hall–Kier alpha value is -4.27. The molecule has 0 spiro atoms. The van der Waals surface area contributed by atoms with Crippen molar-refractivity contribution in [1.82, 2.24) is 0 Å². The maximum atomic E-state index is 14.5. The zero-order valence-corrected chi connectivity index (χ0v) is 19.7. The van der Waals surface area contributed by atoms with Gasteiger partial charge in [0.1, 0.15) is 17.2 Å². The molecule has 1 N–H and O–H groups in total. The molecule has 0 aromatic heterocycles. The lowest BCUT2D eigenvalue weighted by Gasteiger charge is -2.23. The summed E-state index contributed by atoms with van der Waals surface area (Å²) in [4.78, 5) is 0. The maximum absolute atomic E-state index is 14.5. The molecule has 0 aliphatic heterocycles. The lowest BCUT2D eigenvalue weighted by Crippen LogP contribution is -2.15. The van der Waals surface area contributed by atoms with Crippen LogP contribution in [0, 0.1) is 0 Å². The smallest absolute Gasteiger partial charge is 0.462 e. The van der Waals surface area contributed by atoms with Crippen molar-refractivity contribution in [3.05, 3.63) is 133 Å². The molecule has 0 bridgehead atoms. The molecule has 0 atom stereocenters. The summed E-state index contributed by atoms with van der Waals surface area (Å²) in [6, 6.07) is 40.5. The molecule has 0 unspecified atom stereocenters. The Morgan fingerprint density at radius 1 is 0.486 bits per heavy atom. The zero-order valence-electron chi connectivity index (χ0n) is 18.8. The first-order valence-corrected chi connectivity index (χ1v) is 12.7. The van der Waals surface area contributed by atoms with E-state index in [0.717, 1.165) is 22.3 Å². The van der Waals surface area contributed by atoms with E-state index in [0.29, 0.717) is 16.8 Å². The minimum absolute atomic E-state index is 0.0645. The van der Waals surface area contributed by atoms with Crippen LogP contribution in [0.25, 0.3) is 22.3 Å². The van der Waals surface area contributed by atoms with Crippen LogP contribution in [0.15, 0.2) is 133 Å². The van der Waals surface area contributed by atoms with E-state index in [1.54, 1.807) is 24.3 Å². The van der Waals surface area contributed by atoms with Gasteiger partial charge in [-0.3, -0.25) is 0 Å². The minimum atomic E-state index is -3.94. The number of phenolic OH excluding ortho intramolecular Hbond substituents is 1. The van der Waals surface area contributed by atoms with Gasteiger partial charge in [-0.2, -0.15) is 0 Å². The molecular formula is C30H23O4P.